The molecule has 3 rings (SSSR count). The van der Waals surface area contributed by atoms with Gasteiger partial charge in [0.15, 0.2) is 16.3 Å². The molecule has 0 fully saturated rings. The molecule has 1 atom stereocenters. The third-order valence-corrected chi connectivity index (χ3v) is 3.68. The number of aromatic nitrogens is 2. The average Bonchev–Trinajstić information content (AvgIpc) is 2.79. The van der Waals surface area contributed by atoms with E-state index >= 15 is 0 Å². The van der Waals surface area contributed by atoms with E-state index in [0.29, 0.717) is 23.3 Å². The molecule has 0 saturated carbocycles. The fourth-order valence-corrected chi connectivity index (χ4v) is 2.77. The lowest BCUT2D eigenvalue weighted by molar-refractivity contribution is 0.212. The van der Waals surface area contributed by atoms with E-state index in [-0.39, 0.29) is 18.4 Å². The number of fused-ring (bicyclic) bond motifs is 1. The van der Waals surface area contributed by atoms with Crippen LogP contribution in [0.3, 0.4) is 0 Å². The van der Waals surface area contributed by atoms with Gasteiger partial charge in [-0.1, -0.05) is 0 Å². The molecule has 3 N–H and O–H groups in total. The van der Waals surface area contributed by atoms with Crippen molar-refractivity contribution in [2.45, 2.75) is 19.0 Å². The molecule has 0 aliphatic carbocycles. The van der Waals surface area contributed by atoms with E-state index in [1.165, 1.54) is 6.07 Å². The molecular formula is C13H13F2N3OS. The number of nitrogens with zero attached hydrogens (tertiary/aromatic N) is 1. The van der Waals surface area contributed by atoms with Gasteiger partial charge >= 0.3 is 0 Å². The largest absolute Gasteiger partial charge is 0.488 e. The number of imidazole rings is 1. The van der Waals surface area contributed by atoms with E-state index in [1.807, 2.05) is 10.8 Å². The number of H-pyrrole nitrogens is 1. The number of aromatic amines is 1. The minimum absolute atomic E-state index is 0.104. The van der Waals surface area contributed by atoms with Gasteiger partial charge in [-0.25, -0.2) is 8.78 Å². The topological polar surface area (TPSA) is 56.0 Å². The molecule has 1 aromatic carbocycles. The number of halogens is 2. The highest BCUT2D eigenvalue weighted by Gasteiger charge is 2.25. The van der Waals surface area contributed by atoms with Crippen LogP contribution in [-0.2, 0) is 13.0 Å². The summed E-state index contributed by atoms with van der Waals surface area (Å²) >= 11 is 5.22. The maximum Gasteiger partial charge on any atom is 0.177 e. The van der Waals surface area contributed by atoms with E-state index in [9.17, 15) is 8.78 Å². The van der Waals surface area contributed by atoms with Crippen molar-refractivity contribution in [3.8, 4) is 5.75 Å². The molecule has 1 aliphatic rings. The Morgan fingerprint density at radius 1 is 1.45 bits per heavy atom. The maximum atomic E-state index is 13.6. The van der Waals surface area contributed by atoms with Gasteiger partial charge in [0.25, 0.3) is 0 Å². The van der Waals surface area contributed by atoms with E-state index in [2.05, 4.69) is 4.98 Å². The zero-order chi connectivity index (χ0) is 14.3. The van der Waals surface area contributed by atoms with Crippen molar-refractivity contribution in [1.29, 1.82) is 0 Å². The van der Waals surface area contributed by atoms with Crippen molar-refractivity contribution in [3.05, 3.63) is 46.0 Å². The summed E-state index contributed by atoms with van der Waals surface area (Å²) in [6, 6.07) is 2.02. The van der Waals surface area contributed by atoms with E-state index < -0.39 is 11.6 Å². The van der Waals surface area contributed by atoms with Gasteiger partial charge in [0.2, 0.25) is 0 Å². The maximum absolute atomic E-state index is 13.6. The number of nitrogens with two attached hydrogens (primary N) is 1. The summed E-state index contributed by atoms with van der Waals surface area (Å²) in [5.41, 5.74) is 6.88. The van der Waals surface area contributed by atoms with Crippen molar-refractivity contribution >= 4 is 12.2 Å². The first-order chi connectivity index (χ1) is 9.58. The summed E-state index contributed by atoms with van der Waals surface area (Å²) < 4.78 is 34.6. The molecule has 0 unspecified atom stereocenters. The lowest BCUT2D eigenvalue weighted by atomic mass is 10.0. The van der Waals surface area contributed by atoms with Crippen LogP contribution in [0.2, 0.25) is 0 Å². The summed E-state index contributed by atoms with van der Waals surface area (Å²) in [6.45, 7) is 0.635. The van der Waals surface area contributed by atoms with Crippen molar-refractivity contribution in [2.75, 3.05) is 6.61 Å². The first-order valence-corrected chi connectivity index (χ1v) is 6.60. The number of rotatable bonds is 2. The van der Waals surface area contributed by atoms with E-state index in [1.54, 1.807) is 0 Å². The molecule has 0 saturated heterocycles. The van der Waals surface area contributed by atoms with Crippen LogP contribution in [-0.4, -0.2) is 16.2 Å². The fourth-order valence-electron chi connectivity index (χ4n) is 2.43. The van der Waals surface area contributed by atoms with Gasteiger partial charge in [-0.2, -0.15) is 0 Å². The van der Waals surface area contributed by atoms with Crippen LogP contribution < -0.4 is 10.5 Å². The Balaban J connectivity index is 1.95. The monoisotopic (exact) mass is 297 g/mol. The third kappa shape index (κ3) is 2.23. The van der Waals surface area contributed by atoms with Crippen molar-refractivity contribution in [2.24, 2.45) is 5.73 Å². The van der Waals surface area contributed by atoms with Crippen LogP contribution in [0.15, 0.2) is 18.3 Å². The quantitative estimate of drug-likeness (QED) is 0.837. The second kappa shape index (κ2) is 4.99. The number of hydrogen-bond acceptors (Lipinski definition) is 3. The van der Waals surface area contributed by atoms with Crippen molar-refractivity contribution in [1.82, 2.24) is 9.55 Å². The second-order valence-corrected chi connectivity index (χ2v) is 5.13. The Morgan fingerprint density at radius 2 is 2.25 bits per heavy atom. The Morgan fingerprint density at radius 3 is 2.95 bits per heavy atom. The Bertz CT molecular complexity index is 710. The molecule has 0 bridgehead atoms. The summed E-state index contributed by atoms with van der Waals surface area (Å²) in [4.78, 5) is 2.99. The lowest BCUT2D eigenvalue weighted by Gasteiger charge is -2.26. The number of ether oxygens (including phenoxy) is 1. The van der Waals surface area contributed by atoms with Gasteiger partial charge in [-0.05, 0) is 18.3 Å². The number of nitrogens with one attached hydrogen (secondary N) is 1. The molecule has 7 heteroatoms. The Labute approximate surface area is 119 Å². The number of benzene rings is 1. The molecule has 0 radical (unpaired) electrons. The highest BCUT2D eigenvalue weighted by atomic mass is 32.1. The van der Waals surface area contributed by atoms with Gasteiger partial charge in [0.1, 0.15) is 12.4 Å². The van der Waals surface area contributed by atoms with Crippen molar-refractivity contribution in [3.63, 3.8) is 0 Å². The molecular weight excluding hydrogens is 284 g/mol. The van der Waals surface area contributed by atoms with Crippen LogP contribution in [0.25, 0.3) is 0 Å². The standard InChI is InChI=1S/C13H13F2N3OS/c14-8-1-7-2-10(6-19-12(7)11(15)3-8)18-5-9(4-16)17-13(18)20/h1,3,5,10H,2,4,6,16H2,(H,17,20)/t10-/m1/s1. The highest BCUT2D eigenvalue weighted by molar-refractivity contribution is 7.71. The summed E-state index contributed by atoms with van der Waals surface area (Å²) in [6.07, 6.45) is 2.27. The zero-order valence-electron chi connectivity index (χ0n) is 10.5. The fraction of sp³-hybridized carbons (Fsp3) is 0.308. The average molecular weight is 297 g/mol. The van der Waals surface area contributed by atoms with Crippen LogP contribution in [0, 0.1) is 16.4 Å². The van der Waals surface area contributed by atoms with Gasteiger partial charge in [-0.3, -0.25) is 0 Å². The molecule has 0 amide bonds. The normalized spacial score (nSPS) is 17.6. The molecule has 2 heterocycles. The molecule has 106 valence electrons. The molecule has 2 aromatic rings. The van der Waals surface area contributed by atoms with Crippen LogP contribution >= 0.6 is 12.2 Å². The SMILES string of the molecule is NCc1cn([C@H]2COc3c(F)cc(F)cc3C2)c(=S)[nH]1. The number of hydrogen-bond donors (Lipinski definition) is 2. The zero-order valence-corrected chi connectivity index (χ0v) is 11.3. The van der Waals surface area contributed by atoms with Gasteiger partial charge in [-0.15, -0.1) is 0 Å². The van der Waals surface area contributed by atoms with Crippen LogP contribution in [0.1, 0.15) is 17.3 Å². The Hall–Kier alpha value is -1.73. The van der Waals surface area contributed by atoms with Gasteiger partial charge in [0.05, 0.1) is 6.04 Å². The molecule has 1 aliphatic heterocycles. The summed E-state index contributed by atoms with van der Waals surface area (Å²) in [7, 11) is 0. The molecule has 1 aromatic heterocycles. The lowest BCUT2D eigenvalue weighted by Crippen LogP contribution is -2.25. The van der Waals surface area contributed by atoms with Crippen LogP contribution in [0.5, 0.6) is 5.75 Å². The molecule has 0 spiro atoms. The first-order valence-electron chi connectivity index (χ1n) is 6.19. The minimum Gasteiger partial charge on any atom is -0.488 e. The van der Waals surface area contributed by atoms with Crippen LogP contribution in [0.4, 0.5) is 8.78 Å². The third-order valence-electron chi connectivity index (χ3n) is 3.37. The van der Waals surface area contributed by atoms with Crippen molar-refractivity contribution < 1.29 is 13.5 Å². The first kappa shape index (κ1) is 13.3. The molecule has 4 nitrogen and oxygen atoms in total. The highest BCUT2D eigenvalue weighted by Crippen LogP contribution is 2.33. The van der Waals surface area contributed by atoms with Gasteiger partial charge in [0, 0.05) is 36.5 Å². The predicted octanol–water partition coefficient (Wildman–Crippen LogP) is 2.46. The Kier molecular flexibility index (Phi) is 3.31. The predicted molar refractivity (Wildman–Crippen MR) is 72.1 cm³/mol. The van der Waals surface area contributed by atoms with Gasteiger partial charge < -0.3 is 20.0 Å². The minimum atomic E-state index is -0.668. The smallest absolute Gasteiger partial charge is 0.177 e. The molecule has 20 heavy (non-hydrogen) atoms. The van der Waals surface area contributed by atoms with E-state index in [0.717, 1.165) is 11.8 Å². The summed E-state index contributed by atoms with van der Waals surface area (Å²) in [5, 5.41) is 0. The summed E-state index contributed by atoms with van der Waals surface area (Å²) in [5.74, 6) is -1.15. The van der Waals surface area contributed by atoms with E-state index in [4.69, 9.17) is 22.7 Å². The second-order valence-electron chi connectivity index (χ2n) is 4.74.